The topological polar surface area (TPSA) is 50.4 Å². The Kier molecular flexibility index (Phi) is 4.54. The van der Waals surface area contributed by atoms with Crippen molar-refractivity contribution in [3.63, 3.8) is 0 Å². The molecular formula is C11H22N2O2. The fourth-order valence-corrected chi connectivity index (χ4v) is 1.92. The van der Waals surface area contributed by atoms with Gasteiger partial charge in [-0.3, -0.25) is 9.63 Å². The number of carbonyl (C=O) groups excluding carboxylic acids is 1. The van der Waals surface area contributed by atoms with E-state index >= 15 is 0 Å². The molecular weight excluding hydrogens is 192 g/mol. The minimum atomic E-state index is -0.359. The molecule has 88 valence electrons. The number of piperidine rings is 1. The summed E-state index contributed by atoms with van der Waals surface area (Å²) in [5, 5.41) is 3.33. The average molecular weight is 214 g/mol. The molecule has 0 aromatic rings. The van der Waals surface area contributed by atoms with Crippen LogP contribution in [0.4, 0.5) is 0 Å². The van der Waals surface area contributed by atoms with Crippen LogP contribution in [-0.2, 0) is 9.63 Å². The van der Waals surface area contributed by atoms with Gasteiger partial charge in [-0.1, -0.05) is 13.8 Å². The Hall–Kier alpha value is -0.610. The Morgan fingerprint density at radius 1 is 1.60 bits per heavy atom. The van der Waals surface area contributed by atoms with Gasteiger partial charge in [-0.25, -0.2) is 5.48 Å². The Morgan fingerprint density at radius 3 is 2.87 bits per heavy atom. The summed E-state index contributed by atoms with van der Waals surface area (Å²) in [7, 11) is 0. The summed E-state index contributed by atoms with van der Waals surface area (Å²) in [4.78, 5) is 16.8. The van der Waals surface area contributed by atoms with Crippen LogP contribution in [0.5, 0.6) is 0 Å². The molecule has 1 rings (SSSR count). The summed E-state index contributed by atoms with van der Waals surface area (Å²) < 4.78 is 0. The van der Waals surface area contributed by atoms with E-state index in [1.165, 1.54) is 0 Å². The molecule has 1 aliphatic rings. The third kappa shape index (κ3) is 3.18. The minimum absolute atomic E-state index is 0.0157. The van der Waals surface area contributed by atoms with Gasteiger partial charge in [0.2, 0.25) is 5.91 Å². The van der Waals surface area contributed by atoms with Gasteiger partial charge in [-0.05, 0) is 38.8 Å². The van der Waals surface area contributed by atoms with Crippen LogP contribution in [-0.4, -0.2) is 25.6 Å². The number of amides is 1. The van der Waals surface area contributed by atoms with Crippen molar-refractivity contribution in [2.45, 2.75) is 33.6 Å². The van der Waals surface area contributed by atoms with Gasteiger partial charge < -0.3 is 5.32 Å². The van der Waals surface area contributed by atoms with Crippen molar-refractivity contribution in [3.05, 3.63) is 0 Å². The summed E-state index contributed by atoms with van der Waals surface area (Å²) in [5.74, 6) is 0.379. The molecule has 1 atom stereocenters. The zero-order valence-electron chi connectivity index (χ0n) is 9.93. The fourth-order valence-electron chi connectivity index (χ4n) is 1.92. The molecule has 1 unspecified atom stereocenters. The molecule has 1 saturated heterocycles. The Balaban J connectivity index is 2.51. The van der Waals surface area contributed by atoms with Crippen LogP contribution in [0.25, 0.3) is 0 Å². The lowest BCUT2D eigenvalue weighted by Gasteiger charge is -2.35. The van der Waals surface area contributed by atoms with E-state index in [1.54, 1.807) is 0 Å². The molecule has 0 aliphatic carbocycles. The third-order valence-corrected chi connectivity index (χ3v) is 3.21. The molecule has 0 saturated carbocycles. The van der Waals surface area contributed by atoms with E-state index in [-0.39, 0.29) is 11.3 Å². The maximum atomic E-state index is 11.9. The Morgan fingerprint density at radius 2 is 2.33 bits per heavy atom. The van der Waals surface area contributed by atoms with Crippen molar-refractivity contribution in [2.24, 2.45) is 11.3 Å². The summed E-state index contributed by atoms with van der Waals surface area (Å²) in [6.45, 7) is 8.32. The van der Waals surface area contributed by atoms with E-state index in [9.17, 15) is 4.79 Å². The summed E-state index contributed by atoms with van der Waals surface area (Å²) >= 11 is 0. The van der Waals surface area contributed by atoms with Crippen LogP contribution in [0, 0.1) is 11.3 Å². The van der Waals surface area contributed by atoms with E-state index in [0.29, 0.717) is 12.5 Å². The highest BCUT2D eigenvalue weighted by atomic mass is 16.6. The van der Waals surface area contributed by atoms with Gasteiger partial charge in [0.15, 0.2) is 0 Å². The van der Waals surface area contributed by atoms with E-state index < -0.39 is 0 Å². The first-order chi connectivity index (χ1) is 7.09. The molecule has 1 heterocycles. The van der Waals surface area contributed by atoms with Gasteiger partial charge in [-0.2, -0.15) is 0 Å². The quantitative estimate of drug-likeness (QED) is 0.688. The van der Waals surface area contributed by atoms with Gasteiger partial charge in [0, 0.05) is 5.41 Å². The van der Waals surface area contributed by atoms with Crippen molar-refractivity contribution in [3.8, 4) is 0 Å². The van der Waals surface area contributed by atoms with Crippen molar-refractivity contribution in [2.75, 3.05) is 19.7 Å². The van der Waals surface area contributed by atoms with Crippen LogP contribution in [0.15, 0.2) is 0 Å². The van der Waals surface area contributed by atoms with E-state index in [4.69, 9.17) is 4.84 Å². The lowest BCUT2D eigenvalue weighted by Crippen LogP contribution is -2.47. The second-order valence-corrected chi connectivity index (χ2v) is 4.63. The monoisotopic (exact) mass is 214 g/mol. The van der Waals surface area contributed by atoms with Gasteiger partial charge in [0.05, 0.1) is 6.61 Å². The largest absolute Gasteiger partial charge is 0.316 e. The lowest BCUT2D eigenvalue weighted by molar-refractivity contribution is -0.145. The smallest absolute Gasteiger partial charge is 0.249 e. The van der Waals surface area contributed by atoms with Crippen molar-refractivity contribution >= 4 is 5.91 Å². The third-order valence-electron chi connectivity index (χ3n) is 3.21. The summed E-state index contributed by atoms with van der Waals surface area (Å²) in [6, 6.07) is 0. The van der Waals surface area contributed by atoms with Gasteiger partial charge >= 0.3 is 0 Å². The molecule has 0 aromatic heterocycles. The highest BCUT2D eigenvalue weighted by molar-refractivity contribution is 5.81. The summed E-state index contributed by atoms with van der Waals surface area (Å²) in [5.41, 5.74) is 2.14. The van der Waals surface area contributed by atoms with E-state index in [0.717, 1.165) is 25.9 Å². The average Bonchev–Trinajstić information content (AvgIpc) is 2.27. The van der Waals surface area contributed by atoms with E-state index in [2.05, 4.69) is 10.8 Å². The molecule has 1 fully saturated rings. The number of nitrogens with one attached hydrogen (secondary N) is 2. The first-order valence-electron chi connectivity index (χ1n) is 5.72. The molecule has 0 aromatic carbocycles. The van der Waals surface area contributed by atoms with Crippen LogP contribution < -0.4 is 10.8 Å². The SMILES string of the molecule is CCONC(=O)C(C)(C)C1CCCNC1. The van der Waals surface area contributed by atoms with E-state index in [1.807, 2.05) is 20.8 Å². The van der Waals surface area contributed by atoms with Gasteiger partial charge in [-0.15, -0.1) is 0 Å². The van der Waals surface area contributed by atoms with Crippen LogP contribution in [0.1, 0.15) is 33.6 Å². The molecule has 15 heavy (non-hydrogen) atoms. The molecule has 0 bridgehead atoms. The molecule has 1 amide bonds. The highest BCUT2D eigenvalue weighted by Gasteiger charge is 2.37. The van der Waals surface area contributed by atoms with Crippen molar-refractivity contribution in [1.29, 1.82) is 0 Å². The fraction of sp³-hybridized carbons (Fsp3) is 0.909. The normalized spacial score (nSPS) is 22.5. The standard InChI is InChI=1S/C11H22N2O2/c1-4-15-13-10(14)11(2,3)9-6-5-7-12-8-9/h9,12H,4-8H2,1-3H3,(H,13,14). The maximum Gasteiger partial charge on any atom is 0.249 e. The minimum Gasteiger partial charge on any atom is -0.316 e. The number of hydroxylamine groups is 1. The Bertz CT molecular complexity index is 211. The van der Waals surface area contributed by atoms with Crippen LogP contribution in [0.3, 0.4) is 0 Å². The maximum absolute atomic E-state index is 11.9. The predicted molar refractivity (Wildman–Crippen MR) is 59.1 cm³/mol. The number of hydrogen-bond acceptors (Lipinski definition) is 3. The molecule has 0 radical (unpaired) electrons. The van der Waals surface area contributed by atoms with Gasteiger partial charge in [0.1, 0.15) is 0 Å². The van der Waals surface area contributed by atoms with Crippen LogP contribution >= 0.6 is 0 Å². The molecule has 4 nitrogen and oxygen atoms in total. The van der Waals surface area contributed by atoms with Gasteiger partial charge in [0.25, 0.3) is 0 Å². The van der Waals surface area contributed by atoms with Crippen molar-refractivity contribution < 1.29 is 9.63 Å². The number of carbonyl (C=O) groups is 1. The number of hydrogen-bond donors (Lipinski definition) is 2. The first-order valence-corrected chi connectivity index (χ1v) is 5.72. The second-order valence-electron chi connectivity index (χ2n) is 4.63. The first kappa shape index (κ1) is 12.5. The molecule has 0 spiro atoms. The molecule has 4 heteroatoms. The lowest BCUT2D eigenvalue weighted by atomic mass is 9.74. The van der Waals surface area contributed by atoms with Crippen molar-refractivity contribution in [1.82, 2.24) is 10.8 Å². The second kappa shape index (κ2) is 5.47. The molecule has 2 N–H and O–H groups in total. The predicted octanol–water partition coefficient (Wildman–Crippen LogP) is 1.08. The molecule has 1 aliphatic heterocycles. The summed E-state index contributed by atoms with van der Waals surface area (Å²) in [6.07, 6.45) is 2.26. The highest BCUT2D eigenvalue weighted by Crippen LogP contribution is 2.31. The zero-order valence-corrected chi connectivity index (χ0v) is 9.93. The van der Waals surface area contributed by atoms with Crippen LogP contribution in [0.2, 0.25) is 0 Å². The number of rotatable bonds is 4. The zero-order chi connectivity index (χ0) is 11.3. The Labute approximate surface area is 91.7 Å².